The molecule has 0 bridgehead atoms. The Kier molecular flexibility index (Phi) is 7.91. The van der Waals surface area contributed by atoms with E-state index in [9.17, 15) is 14.7 Å². The lowest BCUT2D eigenvalue weighted by atomic mass is 9.94. The van der Waals surface area contributed by atoms with E-state index in [4.69, 9.17) is 4.74 Å². The number of carbonyl (C=O) groups excluding carboxylic acids is 2. The third-order valence-corrected chi connectivity index (χ3v) is 4.52. The lowest BCUT2D eigenvalue weighted by Gasteiger charge is -2.33. The number of likely N-dealkylation sites (tertiary alicyclic amines) is 1. The van der Waals surface area contributed by atoms with Crippen molar-refractivity contribution >= 4 is 12.0 Å². The number of piperidine rings is 1. The molecule has 1 aliphatic heterocycles. The lowest BCUT2D eigenvalue weighted by molar-refractivity contribution is -0.139. The predicted octanol–water partition coefficient (Wildman–Crippen LogP) is 2.56. The molecule has 6 heteroatoms. The van der Waals surface area contributed by atoms with Crippen molar-refractivity contribution in [3.63, 3.8) is 0 Å². The maximum Gasteiger partial charge on any atom is 0.407 e. The second kappa shape index (κ2) is 10.2. The Hall–Kier alpha value is -2.08. The van der Waals surface area contributed by atoms with Crippen LogP contribution in [-0.2, 0) is 16.1 Å². The number of ether oxygens (including phenoxy) is 1. The van der Waals surface area contributed by atoms with Crippen molar-refractivity contribution in [3.8, 4) is 0 Å². The Bertz CT molecular complexity index is 576. The van der Waals surface area contributed by atoms with Crippen LogP contribution < -0.4 is 5.32 Å². The van der Waals surface area contributed by atoms with E-state index in [1.54, 1.807) is 4.90 Å². The number of alkyl carbamates (subject to hydrolysis) is 1. The number of aliphatic hydroxyl groups is 1. The Morgan fingerprint density at radius 2 is 2.04 bits per heavy atom. The zero-order chi connectivity index (χ0) is 18.9. The number of benzene rings is 1. The van der Waals surface area contributed by atoms with E-state index in [1.165, 1.54) is 0 Å². The average Bonchev–Trinajstić information content (AvgIpc) is 2.63. The summed E-state index contributed by atoms with van der Waals surface area (Å²) in [6.45, 7) is 5.61. The van der Waals surface area contributed by atoms with Gasteiger partial charge in [-0.3, -0.25) is 4.79 Å². The highest BCUT2D eigenvalue weighted by Gasteiger charge is 2.29. The van der Waals surface area contributed by atoms with E-state index in [0.29, 0.717) is 25.4 Å². The van der Waals surface area contributed by atoms with Crippen molar-refractivity contribution < 1.29 is 19.4 Å². The first-order valence-electron chi connectivity index (χ1n) is 9.37. The highest BCUT2D eigenvalue weighted by molar-refractivity contribution is 5.80. The second-order valence-corrected chi connectivity index (χ2v) is 7.35. The van der Waals surface area contributed by atoms with E-state index in [-0.39, 0.29) is 25.0 Å². The summed E-state index contributed by atoms with van der Waals surface area (Å²) in [5.74, 6) is 0.0335. The van der Waals surface area contributed by atoms with Crippen molar-refractivity contribution in [2.45, 2.75) is 45.8 Å². The largest absolute Gasteiger partial charge is 0.445 e. The van der Waals surface area contributed by atoms with E-state index >= 15 is 0 Å². The molecule has 0 aliphatic carbocycles. The molecule has 2 rings (SSSR count). The van der Waals surface area contributed by atoms with Crippen LogP contribution in [0.25, 0.3) is 0 Å². The van der Waals surface area contributed by atoms with Gasteiger partial charge in [0.2, 0.25) is 5.91 Å². The maximum atomic E-state index is 12.8. The molecule has 1 aliphatic rings. The molecule has 2 amide bonds. The van der Waals surface area contributed by atoms with Crippen molar-refractivity contribution in [1.82, 2.24) is 10.2 Å². The number of nitrogens with zero attached hydrogens (tertiary/aromatic N) is 1. The summed E-state index contributed by atoms with van der Waals surface area (Å²) < 4.78 is 5.21. The van der Waals surface area contributed by atoms with Gasteiger partial charge in [-0.15, -0.1) is 0 Å². The fraction of sp³-hybridized carbons (Fsp3) is 0.600. The lowest BCUT2D eigenvalue weighted by Crippen LogP contribution is -2.47. The van der Waals surface area contributed by atoms with Gasteiger partial charge in [-0.1, -0.05) is 44.2 Å². The van der Waals surface area contributed by atoms with Gasteiger partial charge in [-0.25, -0.2) is 4.79 Å². The number of nitrogens with one attached hydrogen (secondary N) is 1. The molecule has 1 fully saturated rings. The quantitative estimate of drug-likeness (QED) is 0.781. The monoisotopic (exact) mass is 362 g/mol. The predicted molar refractivity (Wildman–Crippen MR) is 99.4 cm³/mol. The fourth-order valence-corrected chi connectivity index (χ4v) is 3.23. The Morgan fingerprint density at radius 3 is 2.69 bits per heavy atom. The number of carbonyl (C=O) groups is 2. The number of hydrogen-bond donors (Lipinski definition) is 2. The first kappa shape index (κ1) is 20.2. The number of hydrogen-bond acceptors (Lipinski definition) is 4. The van der Waals surface area contributed by atoms with Gasteiger partial charge in [-0.05, 0) is 30.7 Å². The molecular weight excluding hydrogens is 332 g/mol. The molecule has 0 spiro atoms. The number of aliphatic hydroxyl groups excluding tert-OH is 1. The van der Waals surface area contributed by atoms with Crippen LogP contribution in [0.3, 0.4) is 0 Å². The maximum absolute atomic E-state index is 12.8. The van der Waals surface area contributed by atoms with Gasteiger partial charge < -0.3 is 20.1 Å². The van der Waals surface area contributed by atoms with Crippen LogP contribution in [-0.4, -0.2) is 47.7 Å². The minimum absolute atomic E-state index is 0.000749. The molecule has 1 heterocycles. The van der Waals surface area contributed by atoms with E-state index in [1.807, 2.05) is 30.3 Å². The van der Waals surface area contributed by atoms with Gasteiger partial charge in [0, 0.05) is 19.6 Å². The smallest absolute Gasteiger partial charge is 0.407 e. The summed E-state index contributed by atoms with van der Waals surface area (Å²) in [6.07, 6.45) is 1.27. The molecule has 144 valence electrons. The molecule has 0 saturated carbocycles. The third-order valence-electron chi connectivity index (χ3n) is 4.52. The summed E-state index contributed by atoms with van der Waals surface area (Å²) in [6, 6.07) is 9.46. The molecule has 0 aromatic heterocycles. The first-order chi connectivity index (χ1) is 12.5. The van der Waals surface area contributed by atoms with Crippen LogP contribution in [0.5, 0.6) is 0 Å². The van der Waals surface area contributed by atoms with Crippen LogP contribution in [0, 0.1) is 11.8 Å². The van der Waals surface area contributed by atoms with Gasteiger partial charge in [-0.2, -0.15) is 0 Å². The highest BCUT2D eigenvalue weighted by atomic mass is 16.5. The molecule has 1 aromatic carbocycles. The summed E-state index contributed by atoms with van der Waals surface area (Å²) in [5, 5.41) is 12.5. The van der Waals surface area contributed by atoms with Crippen LogP contribution in [0.1, 0.15) is 38.7 Å². The van der Waals surface area contributed by atoms with Crippen molar-refractivity contribution in [2.75, 3.05) is 19.6 Å². The fourth-order valence-electron chi connectivity index (χ4n) is 3.23. The SMILES string of the molecule is CC(C)C[C@@H](CNC(=O)OCc1ccccc1)C(=O)N1CCCC(O)C1. The van der Waals surface area contributed by atoms with Crippen molar-refractivity contribution in [1.29, 1.82) is 0 Å². The summed E-state index contributed by atoms with van der Waals surface area (Å²) in [7, 11) is 0. The minimum atomic E-state index is -0.519. The van der Waals surface area contributed by atoms with E-state index < -0.39 is 12.2 Å². The minimum Gasteiger partial charge on any atom is -0.445 e. The zero-order valence-electron chi connectivity index (χ0n) is 15.7. The Morgan fingerprint density at radius 1 is 1.31 bits per heavy atom. The standard InChI is InChI=1S/C20H30N2O4/c1-15(2)11-17(19(24)22-10-6-9-18(23)13-22)12-21-20(25)26-14-16-7-4-3-5-8-16/h3-5,7-8,15,17-18,23H,6,9-14H2,1-2H3,(H,21,25)/t17-,18?/m0/s1. The molecule has 2 N–H and O–H groups in total. The Labute approximate surface area is 155 Å². The number of β-amino-alcohol motifs (C(OH)–C–C–N with tert-alkyl or cyclic N) is 1. The molecule has 26 heavy (non-hydrogen) atoms. The van der Waals surface area contributed by atoms with E-state index in [0.717, 1.165) is 18.4 Å². The molecular formula is C20H30N2O4. The van der Waals surface area contributed by atoms with Gasteiger partial charge in [0.1, 0.15) is 6.61 Å². The molecule has 0 radical (unpaired) electrons. The van der Waals surface area contributed by atoms with Gasteiger partial charge >= 0.3 is 6.09 Å². The molecule has 2 atom stereocenters. The van der Waals surface area contributed by atoms with Crippen molar-refractivity contribution in [3.05, 3.63) is 35.9 Å². The highest BCUT2D eigenvalue weighted by Crippen LogP contribution is 2.18. The number of rotatable bonds is 7. The van der Waals surface area contributed by atoms with Crippen molar-refractivity contribution in [2.24, 2.45) is 11.8 Å². The van der Waals surface area contributed by atoms with Crippen LogP contribution in [0.4, 0.5) is 4.79 Å². The summed E-state index contributed by atoms with van der Waals surface area (Å²) in [4.78, 5) is 26.5. The van der Waals surface area contributed by atoms with Gasteiger partial charge in [0.15, 0.2) is 0 Å². The Balaban J connectivity index is 1.84. The first-order valence-corrected chi connectivity index (χ1v) is 9.37. The second-order valence-electron chi connectivity index (χ2n) is 7.35. The van der Waals surface area contributed by atoms with Crippen LogP contribution in [0.2, 0.25) is 0 Å². The van der Waals surface area contributed by atoms with Gasteiger partial charge in [0.25, 0.3) is 0 Å². The number of amides is 2. The normalized spacial score (nSPS) is 18.5. The van der Waals surface area contributed by atoms with Crippen LogP contribution >= 0.6 is 0 Å². The van der Waals surface area contributed by atoms with Crippen LogP contribution in [0.15, 0.2) is 30.3 Å². The molecule has 1 unspecified atom stereocenters. The molecule has 6 nitrogen and oxygen atoms in total. The van der Waals surface area contributed by atoms with E-state index in [2.05, 4.69) is 19.2 Å². The zero-order valence-corrected chi connectivity index (χ0v) is 15.7. The molecule has 1 aromatic rings. The summed E-state index contributed by atoms with van der Waals surface area (Å²) >= 11 is 0. The molecule has 1 saturated heterocycles. The summed E-state index contributed by atoms with van der Waals surface area (Å²) in [5.41, 5.74) is 0.916. The topological polar surface area (TPSA) is 78.9 Å². The van der Waals surface area contributed by atoms with Gasteiger partial charge in [0.05, 0.1) is 12.0 Å². The average molecular weight is 362 g/mol. The third kappa shape index (κ3) is 6.67.